The Morgan fingerprint density at radius 1 is 1.62 bits per heavy atom. The summed E-state index contributed by atoms with van der Waals surface area (Å²) in [6.45, 7) is 1.42. The van der Waals surface area contributed by atoms with Crippen LogP contribution in [-0.4, -0.2) is 20.5 Å². The van der Waals surface area contributed by atoms with E-state index in [1.807, 2.05) is 0 Å². The van der Waals surface area contributed by atoms with Gasteiger partial charge < -0.3 is 5.11 Å². The molecule has 2 atom stereocenters. The first kappa shape index (κ1) is 13.7. The Morgan fingerprint density at radius 3 is 2.75 bits per heavy atom. The average molecular weight is 326 g/mol. The molecule has 0 aliphatic carbocycles. The molecule has 1 N–H and O–H groups in total. The van der Waals surface area contributed by atoms with Gasteiger partial charge in [-0.2, -0.15) is 0 Å². The van der Waals surface area contributed by atoms with Gasteiger partial charge in [-0.3, -0.25) is 9.00 Å². The van der Waals surface area contributed by atoms with Gasteiger partial charge in [-0.25, -0.2) is 0 Å². The number of benzene rings is 1. The van der Waals surface area contributed by atoms with Crippen LogP contribution in [0.15, 0.2) is 22.7 Å². The van der Waals surface area contributed by atoms with Gasteiger partial charge >= 0.3 is 5.97 Å². The summed E-state index contributed by atoms with van der Waals surface area (Å²) in [5.74, 6) is -0.911. The summed E-state index contributed by atoms with van der Waals surface area (Å²) in [4.78, 5) is 10.6. The Morgan fingerprint density at radius 2 is 2.25 bits per heavy atom. The van der Waals surface area contributed by atoms with Crippen LogP contribution in [0, 0.1) is 0 Å². The minimum Gasteiger partial charge on any atom is -0.480 e. The second kappa shape index (κ2) is 5.80. The van der Waals surface area contributed by atoms with E-state index in [2.05, 4.69) is 15.9 Å². The number of carbonyl (C=O) groups is 1. The van der Waals surface area contributed by atoms with E-state index < -0.39 is 22.0 Å². The van der Waals surface area contributed by atoms with Crippen LogP contribution in [0.2, 0.25) is 5.02 Å². The smallest absolute Gasteiger partial charge is 0.318 e. The molecule has 0 amide bonds. The van der Waals surface area contributed by atoms with Crippen molar-refractivity contribution in [1.82, 2.24) is 0 Å². The van der Waals surface area contributed by atoms with Crippen LogP contribution in [0.4, 0.5) is 0 Å². The van der Waals surface area contributed by atoms with E-state index in [1.165, 1.54) is 6.92 Å². The third-order valence-electron chi connectivity index (χ3n) is 2.05. The SMILES string of the molecule is CC(C(=O)O)S(=O)Cc1ccc(Br)cc1Cl. The standard InChI is InChI=1S/C10H10BrClO3S/c1-6(10(13)14)16(15)5-7-2-3-8(11)4-9(7)12/h2-4,6H,5H2,1H3,(H,13,14). The normalized spacial score (nSPS) is 14.4. The third-order valence-corrected chi connectivity index (χ3v) is 4.49. The molecule has 1 aromatic carbocycles. The summed E-state index contributed by atoms with van der Waals surface area (Å²) in [5.41, 5.74) is 0.691. The molecule has 0 saturated carbocycles. The van der Waals surface area contributed by atoms with Gasteiger partial charge in [-0.15, -0.1) is 0 Å². The van der Waals surface area contributed by atoms with Crippen LogP contribution < -0.4 is 0 Å². The fourth-order valence-electron chi connectivity index (χ4n) is 1.03. The summed E-state index contributed by atoms with van der Waals surface area (Å²) >= 11 is 9.21. The van der Waals surface area contributed by atoms with Gasteiger partial charge in [0.1, 0.15) is 5.25 Å². The zero-order chi connectivity index (χ0) is 12.3. The molecule has 88 valence electrons. The Kier molecular flexibility index (Phi) is 4.95. The zero-order valence-corrected chi connectivity index (χ0v) is 11.6. The van der Waals surface area contributed by atoms with Crippen LogP contribution in [-0.2, 0) is 21.3 Å². The van der Waals surface area contributed by atoms with Crippen molar-refractivity contribution < 1.29 is 14.1 Å². The number of carboxylic acids is 1. The fourth-order valence-corrected chi connectivity index (χ4v) is 2.88. The molecule has 3 nitrogen and oxygen atoms in total. The maximum absolute atomic E-state index is 11.7. The van der Waals surface area contributed by atoms with E-state index in [4.69, 9.17) is 16.7 Å². The molecule has 0 heterocycles. The molecule has 0 aliphatic rings. The van der Waals surface area contributed by atoms with E-state index in [0.717, 1.165) is 4.47 Å². The molecule has 2 unspecified atom stereocenters. The van der Waals surface area contributed by atoms with Gasteiger partial charge in [0.05, 0.1) is 5.75 Å². The molecular weight excluding hydrogens is 316 g/mol. The van der Waals surface area contributed by atoms with Gasteiger partial charge in [-0.1, -0.05) is 33.6 Å². The van der Waals surface area contributed by atoms with Gasteiger partial charge in [-0.05, 0) is 24.6 Å². The molecule has 6 heteroatoms. The van der Waals surface area contributed by atoms with Crippen LogP contribution in [0.1, 0.15) is 12.5 Å². The van der Waals surface area contributed by atoms with Crippen molar-refractivity contribution in [2.45, 2.75) is 17.9 Å². The number of aliphatic carboxylic acids is 1. The lowest BCUT2D eigenvalue weighted by atomic mass is 10.2. The Hall–Kier alpha value is -0.390. The van der Waals surface area contributed by atoms with Gasteiger partial charge in [0.2, 0.25) is 0 Å². The summed E-state index contributed by atoms with van der Waals surface area (Å²) < 4.78 is 12.5. The fraction of sp³-hybridized carbons (Fsp3) is 0.300. The Balaban J connectivity index is 2.81. The van der Waals surface area contributed by atoms with E-state index in [9.17, 15) is 9.00 Å². The molecule has 1 rings (SSSR count). The number of halogens is 2. The maximum atomic E-state index is 11.7. The highest BCUT2D eigenvalue weighted by Gasteiger charge is 2.19. The summed E-state index contributed by atoms with van der Waals surface area (Å²) in [6, 6.07) is 5.21. The molecule has 0 spiro atoms. The average Bonchev–Trinajstić information content (AvgIpc) is 2.20. The van der Waals surface area contributed by atoms with E-state index in [0.29, 0.717) is 10.6 Å². The Bertz CT molecular complexity index is 436. The molecule has 0 radical (unpaired) electrons. The predicted molar refractivity (Wildman–Crippen MR) is 68.1 cm³/mol. The van der Waals surface area contributed by atoms with Gasteiger partial charge in [0, 0.05) is 20.3 Å². The minimum atomic E-state index is -1.46. The van der Waals surface area contributed by atoms with Gasteiger partial charge in [0.25, 0.3) is 0 Å². The highest BCUT2D eigenvalue weighted by molar-refractivity contribution is 9.10. The maximum Gasteiger partial charge on any atom is 0.318 e. The van der Waals surface area contributed by atoms with Crippen LogP contribution >= 0.6 is 27.5 Å². The highest BCUT2D eigenvalue weighted by atomic mass is 79.9. The zero-order valence-electron chi connectivity index (χ0n) is 8.44. The van der Waals surface area contributed by atoms with Gasteiger partial charge in [0.15, 0.2) is 0 Å². The second-order valence-corrected chi connectivity index (χ2v) is 6.32. The minimum absolute atomic E-state index is 0.152. The van der Waals surface area contributed by atoms with Crippen molar-refractivity contribution in [2.24, 2.45) is 0 Å². The number of hydrogen-bond acceptors (Lipinski definition) is 2. The molecule has 16 heavy (non-hydrogen) atoms. The number of rotatable bonds is 4. The second-order valence-electron chi connectivity index (χ2n) is 3.24. The van der Waals surface area contributed by atoms with Crippen LogP contribution in [0.25, 0.3) is 0 Å². The van der Waals surface area contributed by atoms with Crippen LogP contribution in [0.5, 0.6) is 0 Å². The number of hydrogen-bond donors (Lipinski definition) is 1. The van der Waals surface area contributed by atoms with Crippen LogP contribution in [0.3, 0.4) is 0 Å². The largest absolute Gasteiger partial charge is 0.480 e. The molecule has 0 aliphatic heterocycles. The summed E-state index contributed by atoms with van der Waals surface area (Å²) in [6.07, 6.45) is 0. The lowest BCUT2D eigenvalue weighted by Crippen LogP contribution is -2.22. The van der Waals surface area contributed by atoms with Crippen molar-refractivity contribution in [3.8, 4) is 0 Å². The molecule has 1 aromatic rings. The van der Waals surface area contributed by atoms with Crippen molar-refractivity contribution in [3.05, 3.63) is 33.3 Å². The summed E-state index contributed by atoms with van der Waals surface area (Å²) in [7, 11) is -1.46. The Labute approximate surface area is 109 Å². The highest BCUT2D eigenvalue weighted by Crippen LogP contribution is 2.23. The molecule has 0 saturated heterocycles. The third kappa shape index (κ3) is 3.57. The predicted octanol–water partition coefficient (Wildman–Crippen LogP) is 2.82. The molecule has 0 fully saturated rings. The summed E-state index contributed by atoms with van der Waals surface area (Å²) in [5, 5.41) is 8.31. The molecular formula is C10H10BrClO3S. The first-order chi connectivity index (χ1) is 7.41. The lowest BCUT2D eigenvalue weighted by Gasteiger charge is -2.08. The van der Waals surface area contributed by atoms with E-state index in [-0.39, 0.29) is 5.75 Å². The van der Waals surface area contributed by atoms with Crippen molar-refractivity contribution >= 4 is 44.3 Å². The molecule has 0 aromatic heterocycles. The number of carboxylic acid groups (broad SMARTS) is 1. The lowest BCUT2D eigenvalue weighted by molar-refractivity contribution is -0.136. The van der Waals surface area contributed by atoms with E-state index in [1.54, 1.807) is 18.2 Å². The topological polar surface area (TPSA) is 54.4 Å². The quantitative estimate of drug-likeness (QED) is 0.926. The monoisotopic (exact) mass is 324 g/mol. The molecule has 0 bridgehead atoms. The first-order valence-corrected chi connectivity index (χ1v) is 7.01. The van der Waals surface area contributed by atoms with E-state index >= 15 is 0 Å². The van der Waals surface area contributed by atoms with Crippen molar-refractivity contribution in [2.75, 3.05) is 0 Å². The van der Waals surface area contributed by atoms with Crippen molar-refractivity contribution in [1.29, 1.82) is 0 Å². The first-order valence-electron chi connectivity index (χ1n) is 4.45. The van der Waals surface area contributed by atoms with Crippen molar-refractivity contribution in [3.63, 3.8) is 0 Å².